The van der Waals surface area contributed by atoms with Gasteiger partial charge in [-0.15, -0.1) is 0 Å². The van der Waals surface area contributed by atoms with E-state index in [9.17, 15) is 0 Å². The van der Waals surface area contributed by atoms with Crippen LogP contribution in [0.25, 0.3) is 0 Å². The zero-order valence-electron chi connectivity index (χ0n) is 26.6. The monoisotopic (exact) mass is 564 g/mol. The van der Waals surface area contributed by atoms with E-state index >= 15 is 0 Å². The van der Waals surface area contributed by atoms with Crippen LogP contribution in [0.2, 0.25) is 0 Å². The maximum Gasteiger partial charge on any atom is 0.0637 e. The van der Waals surface area contributed by atoms with Crippen molar-refractivity contribution in [3.05, 3.63) is 0 Å². The predicted molar refractivity (Wildman–Crippen MR) is 165 cm³/mol. The van der Waals surface area contributed by atoms with Crippen LogP contribution in [0.1, 0.15) is 111 Å². The molecule has 6 nitrogen and oxygen atoms in total. The van der Waals surface area contributed by atoms with Crippen molar-refractivity contribution >= 4 is 0 Å². The quantitative estimate of drug-likeness (QED) is 0.202. The van der Waals surface area contributed by atoms with Gasteiger partial charge in [-0.25, -0.2) is 0 Å². The molecule has 0 bridgehead atoms. The molecule has 4 aliphatic rings. The fraction of sp³-hybridized carbons (Fsp3) is 1.00. The first kappa shape index (κ1) is 32.7. The van der Waals surface area contributed by atoms with Crippen LogP contribution < -0.4 is 17.2 Å². The van der Waals surface area contributed by atoms with E-state index in [0.717, 1.165) is 50.9 Å². The Hall–Kier alpha value is -0.240. The number of rotatable bonds is 16. The van der Waals surface area contributed by atoms with Crippen molar-refractivity contribution in [2.75, 3.05) is 39.5 Å². The third-order valence-corrected chi connectivity index (χ3v) is 12.5. The lowest BCUT2D eigenvalue weighted by Crippen LogP contribution is -2.63. The molecule has 0 heterocycles. The Bertz CT molecular complexity index is 754. The fourth-order valence-electron chi connectivity index (χ4n) is 10.3. The molecule has 11 atom stereocenters. The second-order valence-electron chi connectivity index (χ2n) is 14.6. The molecule has 4 rings (SSSR count). The summed E-state index contributed by atoms with van der Waals surface area (Å²) in [5, 5.41) is 0. The third kappa shape index (κ3) is 6.63. The zero-order valence-corrected chi connectivity index (χ0v) is 26.6. The van der Waals surface area contributed by atoms with Gasteiger partial charge in [0.2, 0.25) is 0 Å². The van der Waals surface area contributed by atoms with E-state index in [1.54, 1.807) is 0 Å². The van der Waals surface area contributed by atoms with Crippen molar-refractivity contribution in [2.24, 2.45) is 63.5 Å². The van der Waals surface area contributed by atoms with E-state index in [0.29, 0.717) is 67.0 Å². The van der Waals surface area contributed by atoms with Crippen molar-refractivity contribution in [3.63, 3.8) is 0 Å². The molecule has 0 radical (unpaired) electrons. The van der Waals surface area contributed by atoms with Gasteiger partial charge in [-0.05, 0) is 125 Å². The zero-order chi connectivity index (χ0) is 28.8. The van der Waals surface area contributed by atoms with Crippen LogP contribution in [0.5, 0.6) is 0 Å². The van der Waals surface area contributed by atoms with Crippen LogP contribution in [-0.2, 0) is 14.2 Å². The second-order valence-corrected chi connectivity index (χ2v) is 14.6. The summed E-state index contributed by atoms with van der Waals surface area (Å²) in [6.45, 7) is 14.6. The van der Waals surface area contributed by atoms with Gasteiger partial charge in [-0.2, -0.15) is 0 Å². The molecule has 40 heavy (non-hydrogen) atoms. The number of fused-ring (bicyclic) bond motifs is 5. The van der Waals surface area contributed by atoms with E-state index in [2.05, 4.69) is 27.7 Å². The summed E-state index contributed by atoms with van der Waals surface area (Å²) in [6, 6.07) is 0. The largest absolute Gasteiger partial charge is 0.378 e. The maximum absolute atomic E-state index is 6.95. The van der Waals surface area contributed by atoms with E-state index in [1.807, 2.05) is 0 Å². The molecule has 0 spiro atoms. The molecule has 0 amide bonds. The van der Waals surface area contributed by atoms with Crippen LogP contribution >= 0.6 is 0 Å². The predicted octanol–water partition coefficient (Wildman–Crippen LogP) is 5.89. The number of ether oxygens (including phenoxy) is 3. The minimum absolute atomic E-state index is 0.212. The van der Waals surface area contributed by atoms with Crippen LogP contribution in [0.4, 0.5) is 0 Å². The molecule has 6 N–H and O–H groups in total. The Balaban J connectivity index is 1.64. The maximum atomic E-state index is 6.95. The first-order valence-corrected chi connectivity index (χ1v) is 17.3. The van der Waals surface area contributed by atoms with Gasteiger partial charge < -0.3 is 31.4 Å². The third-order valence-electron chi connectivity index (χ3n) is 12.5. The SMILES string of the molecule is CCCC[C@@H](C)[C@H]1CC[C@H]2C3[C@H](OCCCN)CC4C[C@H](OCCCN)CC[C@]4(C)[C@H]3C[C@H](OCCCN)[C@]12C. The highest BCUT2D eigenvalue weighted by molar-refractivity contribution is 5.15. The molecule has 4 aliphatic carbocycles. The number of hydrogen-bond acceptors (Lipinski definition) is 6. The lowest BCUT2D eigenvalue weighted by Gasteiger charge is -2.65. The molecule has 4 fully saturated rings. The van der Waals surface area contributed by atoms with Gasteiger partial charge in [0, 0.05) is 25.2 Å². The lowest BCUT2D eigenvalue weighted by atomic mass is 9.43. The normalized spacial score (nSPS) is 41.8. The van der Waals surface area contributed by atoms with E-state index in [-0.39, 0.29) is 5.41 Å². The summed E-state index contributed by atoms with van der Waals surface area (Å²) < 4.78 is 20.2. The fourth-order valence-corrected chi connectivity index (χ4v) is 10.3. The Labute approximate surface area is 246 Å². The van der Waals surface area contributed by atoms with Crippen molar-refractivity contribution in [3.8, 4) is 0 Å². The summed E-state index contributed by atoms with van der Waals surface area (Å²) in [7, 11) is 0. The van der Waals surface area contributed by atoms with E-state index in [4.69, 9.17) is 31.4 Å². The summed E-state index contributed by atoms with van der Waals surface area (Å²) in [6.07, 6.45) is 16.5. The lowest BCUT2D eigenvalue weighted by molar-refractivity contribution is -0.227. The Morgan fingerprint density at radius 1 is 0.775 bits per heavy atom. The van der Waals surface area contributed by atoms with Gasteiger partial charge in [0.1, 0.15) is 0 Å². The molecule has 0 saturated heterocycles. The van der Waals surface area contributed by atoms with Gasteiger partial charge in [0.15, 0.2) is 0 Å². The smallest absolute Gasteiger partial charge is 0.0637 e. The highest BCUT2D eigenvalue weighted by Gasteiger charge is 2.66. The van der Waals surface area contributed by atoms with Crippen LogP contribution in [-0.4, -0.2) is 57.8 Å². The van der Waals surface area contributed by atoms with Gasteiger partial charge in [-0.1, -0.05) is 47.0 Å². The molecule has 234 valence electrons. The van der Waals surface area contributed by atoms with Crippen molar-refractivity contribution in [2.45, 2.75) is 129 Å². The molecular weight excluding hydrogens is 498 g/mol. The molecular formula is C34H65N3O3. The molecule has 0 aromatic rings. The molecule has 0 aromatic carbocycles. The number of unbranched alkanes of at least 4 members (excludes halogenated alkanes) is 1. The summed E-state index contributed by atoms with van der Waals surface area (Å²) >= 11 is 0. The Kier molecular flexibility index (Phi) is 12.2. The van der Waals surface area contributed by atoms with Gasteiger partial charge >= 0.3 is 0 Å². The average molecular weight is 564 g/mol. The molecule has 4 saturated carbocycles. The van der Waals surface area contributed by atoms with Crippen molar-refractivity contribution < 1.29 is 14.2 Å². The highest BCUT2D eigenvalue weighted by atomic mass is 16.5. The van der Waals surface area contributed by atoms with E-state index in [1.165, 1.54) is 64.2 Å². The standard InChI is InChI=1S/C34H65N3O3/c1-5-6-10-24(2)27-11-12-28-32-29(23-31(34(27,28)4)40-20-9-17-37)33(3)14-13-26(38-18-7-15-35)21-25(33)22-30(32)39-19-8-16-36/h24-32H,5-23,35-37H2,1-4H3/t24-,25?,26-,27-,28+,29+,30-,31+,32?,33+,34-/m1/s1. The molecule has 2 unspecified atom stereocenters. The second kappa shape index (κ2) is 15.0. The van der Waals surface area contributed by atoms with Crippen LogP contribution in [0.15, 0.2) is 0 Å². The van der Waals surface area contributed by atoms with Crippen LogP contribution in [0.3, 0.4) is 0 Å². The molecule has 6 heteroatoms. The van der Waals surface area contributed by atoms with Crippen molar-refractivity contribution in [1.82, 2.24) is 0 Å². The van der Waals surface area contributed by atoms with Gasteiger partial charge in [0.05, 0.1) is 18.3 Å². The van der Waals surface area contributed by atoms with Gasteiger partial charge in [0.25, 0.3) is 0 Å². The summed E-state index contributed by atoms with van der Waals surface area (Å²) in [4.78, 5) is 0. The summed E-state index contributed by atoms with van der Waals surface area (Å²) in [5.74, 6) is 4.05. The number of hydrogen-bond donors (Lipinski definition) is 3. The van der Waals surface area contributed by atoms with Crippen molar-refractivity contribution in [1.29, 1.82) is 0 Å². The average Bonchev–Trinajstić information content (AvgIpc) is 3.31. The minimum atomic E-state index is 0.212. The van der Waals surface area contributed by atoms with Gasteiger partial charge in [-0.3, -0.25) is 0 Å². The minimum Gasteiger partial charge on any atom is -0.378 e. The highest BCUT2D eigenvalue weighted by Crippen LogP contribution is 2.69. The first-order chi connectivity index (χ1) is 19.3. The Morgan fingerprint density at radius 3 is 2.12 bits per heavy atom. The Morgan fingerprint density at radius 2 is 1.45 bits per heavy atom. The number of nitrogens with two attached hydrogens (primary N) is 3. The first-order valence-electron chi connectivity index (χ1n) is 17.3. The molecule has 0 aliphatic heterocycles. The summed E-state index contributed by atoms with van der Waals surface area (Å²) in [5.41, 5.74) is 18.2. The molecule has 0 aromatic heterocycles. The van der Waals surface area contributed by atoms with E-state index < -0.39 is 0 Å². The van der Waals surface area contributed by atoms with Crippen LogP contribution in [0, 0.1) is 46.3 Å². The topological polar surface area (TPSA) is 106 Å².